The third kappa shape index (κ3) is 5.35. The maximum Gasteiger partial charge on any atom is 0.410 e. The van der Waals surface area contributed by atoms with E-state index in [9.17, 15) is 4.79 Å². The first-order valence-electron chi connectivity index (χ1n) is 15.0. The van der Waals surface area contributed by atoms with Gasteiger partial charge in [-0.15, -0.1) is 21.5 Å². The van der Waals surface area contributed by atoms with Crippen LogP contribution in [0.1, 0.15) is 71.9 Å². The maximum absolute atomic E-state index is 12.8. The number of rotatable bonds is 5. The van der Waals surface area contributed by atoms with Gasteiger partial charge in [0, 0.05) is 47.6 Å². The van der Waals surface area contributed by atoms with Crippen molar-refractivity contribution in [3.05, 3.63) is 42.2 Å². The predicted octanol–water partition coefficient (Wildman–Crippen LogP) is 6.66. The van der Waals surface area contributed by atoms with Crippen LogP contribution in [-0.4, -0.2) is 66.3 Å². The molecule has 3 saturated heterocycles. The molecule has 3 unspecified atom stereocenters. The lowest BCUT2D eigenvalue weighted by molar-refractivity contribution is -0.0394. The van der Waals surface area contributed by atoms with Gasteiger partial charge in [-0.25, -0.2) is 14.5 Å². The second kappa shape index (κ2) is 10.9. The lowest BCUT2D eigenvalue weighted by Gasteiger charge is -2.39. The van der Waals surface area contributed by atoms with Gasteiger partial charge in [-0.1, -0.05) is 12.1 Å². The second-order valence-corrected chi connectivity index (χ2v) is 13.5. The third-order valence-electron chi connectivity index (χ3n) is 8.48. The molecular weight excluding hydrogens is 550 g/mol. The minimum atomic E-state index is -0.485. The van der Waals surface area contributed by atoms with E-state index < -0.39 is 5.60 Å². The number of thiazole rings is 1. The summed E-state index contributed by atoms with van der Waals surface area (Å²) in [6.45, 7) is 6.54. The average molecular weight is 588 g/mol. The number of ether oxygens (including phenoxy) is 2. The summed E-state index contributed by atoms with van der Waals surface area (Å²) in [7, 11) is 0. The number of nitrogens with zero attached hydrogens (tertiary/aromatic N) is 6. The molecule has 3 aromatic heterocycles. The highest BCUT2D eigenvalue weighted by atomic mass is 32.1. The molecule has 0 spiro atoms. The fourth-order valence-corrected chi connectivity index (χ4v) is 7.46. The van der Waals surface area contributed by atoms with Crippen molar-refractivity contribution in [2.45, 2.75) is 95.7 Å². The van der Waals surface area contributed by atoms with Crippen molar-refractivity contribution in [3.8, 4) is 22.4 Å². The van der Waals surface area contributed by atoms with E-state index in [0.717, 1.165) is 90.0 Å². The van der Waals surface area contributed by atoms with Gasteiger partial charge < -0.3 is 19.7 Å². The van der Waals surface area contributed by atoms with Crippen LogP contribution in [-0.2, 0) is 9.47 Å². The Morgan fingerprint density at radius 3 is 2.57 bits per heavy atom. The van der Waals surface area contributed by atoms with Crippen molar-refractivity contribution in [2.24, 2.45) is 0 Å². The van der Waals surface area contributed by atoms with Gasteiger partial charge in [-0.3, -0.25) is 0 Å². The SMILES string of the molecule is CC(C)(C)OC(=O)N1C2CCC1CC(Nc1ccc(-c3ccc(-c4cnn(C5CCCCO5)c4)c4ncsc34)nn1)C2. The van der Waals surface area contributed by atoms with Crippen LogP contribution < -0.4 is 5.32 Å². The van der Waals surface area contributed by atoms with Crippen LogP contribution >= 0.6 is 11.3 Å². The van der Waals surface area contributed by atoms with Crippen LogP contribution in [0.3, 0.4) is 0 Å². The largest absolute Gasteiger partial charge is 0.444 e. The lowest BCUT2D eigenvalue weighted by atomic mass is 9.97. The molecule has 3 fully saturated rings. The first-order chi connectivity index (χ1) is 20.3. The van der Waals surface area contributed by atoms with E-state index >= 15 is 0 Å². The molecule has 3 atom stereocenters. The van der Waals surface area contributed by atoms with Crippen LogP contribution in [0.2, 0.25) is 0 Å². The highest BCUT2D eigenvalue weighted by Crippen LogP contribution is 2.39. The summed E-state index contributed by atoms with van der Waals surface area (Å²) >= 11 is 1.61. The topological polar surface area (TPSA) is 107 Å². The number of carbonyl (C=O) groups excluding carboxylic acids is 1. The first kappa shape index (κ1) is 27.3. The van der Waals surface area contributed by atoms with E-state index in [0.29, 0.717) is 0 Å². The van der Waals surface area contributed by atoms with Gasteiger partial charge in [0.2, 0.25) is 0 Å². The Morgan fingerprint density at radius 2 is 1.86 bits per heavy atom. The summed E-state index contributed by atoms with van der Waals surface area (Å²) in [6.07, 6.45) is 10.8. The normalized spacial score (nSPS) is 24.2. The smallest absolute Gasteiger partial charge is 0.410 e. The van der Waals surface area contributed by atoms with Crippen molar-refractivity contribution in [1.29, 1.82) is 0 Å². The molecule has 220 valence electrons. The molecular formula is C31H37N7O3S. The Hall–Kier alpha value is -3.57. The van der Waals surface area contributed by atoms with Gasteiger partial charge in [0.15, 0.2) is 0 Å². The number of hydrogen-bond acceptors (Lipinski definition) is 9. The molecule has 2 bridgehead atoms. The lowest BCUT2D eigenvalue weighted by Crippen LogP contribution is -2.51. The van der Waals surface area contributed by atoms with Crippen molar-refractivity contribution in [1.82, 2.24) is 29.9 Å². The van der Waals surface area contributed by atoms with Crippen molar-refractivity contribution in [2.75, 3.05) is 11.9 Å². The van der Waals surface area contributed by atoms with E-state index in [2.05, 4.69) is 38.9 Å². The zero-order valence-electron chi connectivity index (χ0n) is 24.3. The summed E-state index contributed by atoms with van der Waals surface area (Å²) in [5, 5.41) is 17.3. The van der Waals surface area contributed by atoms with Crippen LogP contribution in [0.25, 0.3) is 32.6 Å². The number of hydrogen-bond donors (Lipinski definition) is 1. The molecule has 7 rings (SSSR count). The quantitative estimate of drug-likeness (QED) is 0.276. The number of benzene rings is 1. The van der Waals surface area contributed by atoms with E-state index in [1.54, 1.807) is 11.3 Å². The van der Waals surface area contributed by atoms with E-state index in [1.165, 1.54) is 0 Å². The first-order valence-corrected chi connectivity index (χ1v) is 15.8. The molecule has 42 heavy (non-hydrogen) atoms. The van der Waals surface area contributed by atoms with E-state index in [-0.39, 0.29) is 30.4 Å². The van der Waals surface area contributed by atoms with Crippen LogP contribution in [0, 0.1) is 0 Å². The number of piperidine rings is 1. The van der Waals surface area contributed by atoms with Crippen LogP contribution in [0.15, 0.2) is 42.2 Å². The Bertz CT molecular complexity index is 1560. The molecule has 6 heterocycles. The predicted molar refractivity (Wildman–Crippen MR) is 162 cm³/mol. The number of nitrogens with one attached hydrogen (secondary N) is 1. The number of anilines is 1. The summed E-state index contributed by atoms with van der Waals surface area (Å²) in [5.74, 6) is 0.753. The Kier molecular flexibility index (Phi) is 7.09. The number of aromatic nitrogens is 5. The third-order valence-corrected chi connectivity index (χ3v) is 9.34. The number of carbonyl (C=O) groups is 1. The van der Waals surface area contributed by atoms with E-state index in [4.69, 9.17) is 14.5 Å². The molecule has 3 aliphatic rings. The summed E-state index contributed by atoms with van der Waals surface area (Å²) in [6, 6.07) is 8.86. The highest BCUT2D eigenvalue weighted by molar-refractivity contribution is 7.17. The standard InChI is InChI=1S/C31H37N7O3S/c1-31(2,3)41-30(39)38-21-7-8-22(38)15-20(14-21)34-26-12-11-25(35-36-26)24-10-9-23(28-29(24)42-18-32-28)19-16-33-37(17-19)27-6-4-5-13-40-27/h9-12,16-18,20-22,27H,4-8,13-15H2,1-3H3,(H,34,36). The van der Waals surface area contributed by atoms with Gasteiger partial charge in [0.05, 0.1) is 27.6 Å². The van der Waals surface area contributed by atoms with Crippen LogP contribution in [0.4, 0.5) is 10.6 Å². The molecule has 10 nitrogen and oxygen atoms in total. The second-order valence-electron chi connectivity index (χ2n) is 12.6. The molecule has 1 aromatic carbocycles. The Labute approximate surface area is 249 Å². The zero-order valence-corrected chi connectivity index (χ0v) is 25.1. The Morgan fingerprint density at radius 1 is 1.05 bits per heavy atom. The van der Waals surface area contributed by atoms with Crippen molar-refractivity contribution >= 4 is 33.5 Å². The Balaban J connectivity index is 1.05. The van der Waals surface area contributed by atoms with Crippen molar-refractivity contribution in [3.63, 3.8) is 0 Å². The summed E-state index contributed by atoms with van der Waals surface area (Å²) < 4.78 is 14.6. The number of fused-ring (bicyclic) bond motifs is 3. The summed E-state index contributed by atoms with van der Waals surface area (Å²) in [5.41, 5.74) is 6.25. The summed E-state index contributed by atoms with van der Waals surface area (Å²) in [4.78, 5) is 19.5. The van der Waals surface area contributed by atoms with E-state index in [1.807, 2.05) is 54.2 Å². The minimum Gasteiger partial charge on any atom is -0.444 e. The molecule has 0 radical (unpaired) electrons. The number of amides is 1. The van der Waals surface area contributed by atoms with Gasteiger partial charge in [0.25, 0.3) is 0 Å². The molecule has 3 aliphatic heterocycles. The van der Waals surface area contributed by atoms with Crippen LogP contribution in [0.5, 0.6) is 0 Å². The molecule has 1 amide bonds. The fourth-order valence-electron chi connectivity index (χ4n) is 6.62. The van der Waals surface area contributed by atoms with Gasteiger partial charge in [-0.05, 0) is 77.8 Å². The molecule has 4 aromatic rings. The minimum absolute atomic E-state index is 0.00720. The average Bonchev–Trinajstić information content (AvgIpc) is 3.71. The molecule has 0 aliphatic carbocycles. The van der Waals surface area contributed by atoms with Gasteiger partial charge in [0.1, 0.15) is 17.6 Å². The molecule has 0 saturated carbocycles. The highest BCUT2D eigenvalue weighted by Gasteiger charge is 2.45. The van der Waals surface area contributed by atoms with Gasteiger partial charge >= 0.3 is 6.09 Å². The molecule has 11 heteroatoms. The fraction of sp³-hybridized carbons (Fsp3) is 0.516. The maximum atomic E-state index is 12.8. The van der Waals surface area contributed by atoms with Crippen molar-refractivity contribution < 1.29 is 14.3 Å². The monoisotopic (exact) mass is 587 g/mol. The zero-order chi connectivity index (χ0) is 28.8. The molecule has 1 N–H and O–H groups in total. The van der Waals surface area contributed by atoms with Gasteiger partial charge in [-0.2, -0.15) is 5.10 Å².